The SMILES string of the molecule is c1ccc(-c2c3ccccc3c(-c3ccc4cc(-c5ccc6cc7oc8cc9c(cc8c7cc6c5)oc5ccccc59)ccc4c3)c3ccccc23)cc1. The summed E-state index contributed by atoms with van der Waals surface area (Å²) in [5, 5.41) is 14.2. The zero-order chi connectivity index (χ0) is 35.3. The standard InChI is InChI=1S/C52H30O2/c1-2-10-31(11-3-1)51-40-13-4-6-15-42(40)52(43-16-7-5-14-41(43)51)37-23-22-33-24-32(18-19-34(33)25-37)35-20-21-36-28-48-44(27-38(36)26-35)46-30-49-45(29-50(46)54-48)39-12-8-9-17-47(39)53-49/h1-30H. The molecule has 0 spiro atoms. The summed E-state index contributed by atoms with van der Waals surface area (Å²) in [7, 11) is 0. The van der Waals surface area contributed by atoms with Crippen LogP contribution in [0.3, 0.4) is 0 Å². The maximum atomic E-state index is 6.42. The molecular formula is C52H30O2. The van der Waals surface area contributed by atoms with E-state index in [0.717, 1.165) is 49.3 Å². The third-order valence-corrected chi connectivity index (χ3v) is 11.4. The normalized spacial score (nSPS) is 12.1. The van der Waals surface area contributed by atoms with Crippen LogP contribution in [0.25, 0.3) is 120 Å². The van der Waals surface area contributed by atoms with Crippen LogP contribution in [0.1, 0.15) is 0 Å². The molecule has 0 amide bonds. The predicted octanol–water partition coefficient (Wildman–Crippen LogP) is 15.1. The first-order valence-electron chi connectivity index (χ1n) is 18.5. The number of rotatable bonds is 3. The first kappa shape index (κ1) is 29.4. The van der Waals surface area contributed by atoms with Gasteiger partial charge in [-0.2, -0.15) is 0 Å². The Morgan fingerprint density at radius 3 is 1.30 bits per heavy atom. The van der Waals surface area contributed by atoms with Crippen LogP contribution in [-0.2, 0) is 0 Å². The molecule has 0 aliphatic heterocycles. The van der Waals surface area contributed by atoms with Gasteiger partial charge in [0, 0.05) is 21.5 Å². The van der Waals surface area contributed by atoms with Gasteiger partial charge in [-0.25, -0.2) is 0 Å². The second kappa shape index (κ2) is 11.2. The summed E-state index contributed by atoms with van der Waals surface area (Å²) in [6, 6.07) is 65.9. The van der Waals surface area contributed by atoms with E-state index < -0.39 is 0 Å². The second-order valence-corrected chi connectivity index (χ2v) is 14.4. The monoisotopic (exact) mass is 686 g/mol. The minimum absolute atomic E-state index is 0.876. The molecule has 2 heteroatoms. The Morgan fingerprint density at radius 1 is 0.222 bits per heavy atom. The lowest BCUT2D eigenvalue weighted by molar-refractivity contribution is 0.664. The van der Waals surface area contributed by atoms with Crippen molar-refractivity contribution in [2.75, 3.05) is 0 Å². The number of para-hydroxylation sites is 1. The van der Waals surface area contributed by atoms with Gasteiger partial charge in [0.2, 0.25) is 0 Å². The molecule has 0 unspecified atom stereocenters. The third-order valence-electron chi connectivity index (χ3n) is 11.4. The molecule has 0 aliphatic carbocycles. The van der Waals surface area contributed by atoms with E-state index >= 15 is 0 Å². The summed E-state index contributed by atoms with van der Waals surface area (Å²) in [5.74, 6) is 0. The van der Waals surface area contributed by atoms with Crippen molar-refractivity contribution in [3.63, 3.8) is 0 Å². The number of fused-ring (bicyclic) bond motifs is 10. The van der Waals surface area contributed by atoms with Crippen molar-refractivity contribution in [1.29, 1.82) is 0 Å². The minimum Gasteiger partial charge on any atom is -0.456 e. The molecule has 0 atom stereocenters. The van der Waals surface area contributed by atoms with E-state index in [1.807, 2.05) is 18.2 Å². The number of hydrogen-bond acceptors (Lipinski definition) is 2. The fourth-order valence-corrected chi connectivity index (χ4v) is 8.85. The van der Waals surface area contributed by atoms with Crippen LogP contribution in [0.4, 0.5) is 0 Å². The van der Waals surface area contributed by atoms with Crippen LogP contribution < -0.4 is 0 Å². The Bertz CT molecular complexity index is 3430. The highest BCUT2D eigenvalue weighted by molar-refractivity contribution is 6.22. The molecular weight excluding hydrogens is 657 g/mol. The van der Waals surface area contributed by atoms with Crippen LogP contribution in [0, 0.1) is 0 Å². The van der Waals surface area contributed by atoms with Crippen molar-refractivity contribution in [3.8, 4) is 33.4 Å². The fraction of sp³-hybridized carbons (Fsp3) is 0. The molecule has 0 saturated heterocycles. The van der Waals surface area contributed by atoms with Crippen molar-refractivity contribution < 1.29 is 8.83 Å². The summed E-state index contributed by atoms with van der Waals surface area (Å²) in [6.07, 6.45) is 0. The van der Waals surface area contributed by atoms with E-state index in [2.05, 4.69) is 164 Å². The zero-order valence-electron chi connectivity index (χ0n) is 29.1. The highest BCUT2D eigenvalue weighted by Gasteiger charge is 2.18. The second-order valence-electron chi connectivity index (χ2n) is 14.4. The molecule has 0 bridgehead atoms. The smallest absolute Gasteiger partial charge is 0.136 e. The molecule has 0 radical (unpaired) electrons. The van der Waals surface area contributed by atoms with Crippen molar-refractivity contribution >= 4 is 87.0 Å². The van der Waals surface area contributed by atoms with E-state index in [-0.39, 0.29) is 0 Å². The fourth-order valence-electron chi connectivity index (χ4n) is 8.85. The average molecular weight is 687 g/mol. The van der Waals surface area contributed by atoms with Gasteiger partial charge in [-0.15, -0.1) is 0 Å². The number of furan rings is 2. The number of hydrogen-bond donors (Lipinski definition) is 0. The lowest BCUT2D eigenvalue weighted by atomic mass is 9.85. The molecule has 2 heterocycles. The molecule has 12 aromatic rings. The van der Waals surface area contributed by atoms with Gasteiger partial charge in [0.05, 0.1) is 0 Å². The van der Waals surface area contributed by atoms with E-state index in [0.29, 0.717) is 0 Å². The van der Waals surface area contributed by atoms with Crippen molar-refractivity contribution in [2.24, 2.45) is 0 Å². The molecule has 0 N–H and O–H groups in total. The third kappa shape index (κ3) is 4.34. The maximum Gasteiger partial charge on any atom is 0.136 e. The van der Waals surface area contributed by atoms with Gasteiger partial charge in [0.1, 0.15) is 22.3 Å². The average Bonchev–Trinajstić information content (AvgIpc) is 3.77. The van der Waals surface area contributed by atoms with E-state index in [1.165, 1.54) is 71.1 Å². The first-order chi connectivity index (χ1) is 26.7. The predicted molar refractivity (Wildman–Crippen MR) is 227 cm³/mol. The van der Waals surface area contributed by atoms with Crippen molar-refractivity contribution in [2.45, 2.75) is 0 Å². The highest BCUT2D eigenvalue weighted by Crippen LogP contribution is 2.44. The summed E-state index contributed by atoms with van der Waals surface area (Å²) >= 11 is 0. The molecule has 2 aromatic heterocycles. The van der Waals surface area contributed by atoms with Crippen LogP contribution >= 0.6 is 0 Å². The largest absolute Gasteiger partial charge is 0.456 e. The molecule has 250 valence electrons. The zero-order valence-corrected chi connectivity index (χ0v) is 29.1. The van der Waals surface area contributed by atoms with Crippen LogP contribution in [0.15, 0.2) is 191 Å². The van der Waals surface area contributed by atoms with Crippen LogP contribution in [-0.4, -0.2) is 0 Å². The lowest BCUT2D eigenvalue weighted by Gasteiger charge is -2.18. The van der Waals surface area contributed by atoms with Gasteiger partial charge in [0.15, 0.2) is 0 Å². The molecule has 0 aliphatic rings. The van der Waals surface area contributed by atoms with E-state index in [4.69, 9.17) is 8.83 Å². The molecule has 2 nitrogen and oxygen atoms in total. The topological polar surface area (TPSA) is 26.3 Å². The van der Waals surface area contributed by atoms with Gasteiger partial charge < -0.3 is 8.83 Å². The molecule has 0 saturated carbocycles. The molecule has 12 rings (SSSR count). The lowest BCUT2D eigenvalue weighted by Crippen LogP contribution is -1.90. The van der Waals surface area contributed by atoms with Gasteiger partial charge in [-0.05, 0) is 125 Å². The molecule has 0 fully saturated rings. The van der Waals surface area contributed by atoms with E-state index in [1.54, 1.807) is 0 Å². The Morgan fingerprint density at radius 2 is 0.648 bits per heavy atom. The van der Waals surface area contributed by atoms with Crippen LogP contribution in [0.2, 0.25) is 0 Å². The van der Waals surface area contributed by atoms with Gasteiger partial charge in [-0.3, -0.25) is 0 Å². The van der Waals surface area contributed by atoms with Gasteiger partial charge in [-0.1, -0.05) is 133 Å². The van der Waals surface area contributed by atoms with Gasteiger partial charge >= 0.3 is 0 Å². The summed E-state index contributed by atoms with van der Waals surface area (Å²) in [6.45, 7) is 0. The first-order valence-corrected chi connectivity index (χ1v) is 18.5. The summed E-state index contributed by atoms with van der Waals surface area (Å²) < 4.78 is 12.7. The summed E-state index contributed by atoms with van der Waals surface area (Å²) in [4.78, 5) is 0. The minimum atomic E-state index is 0.876. The Labute approximate surface area is 310 Å². The molecule has 54 heavy (non-hydrogen) atoms. The van der Waals surface area contributed by atoms with Crippen molar-refractivity contribution in [1.82, 2.24) is 0 Å². The molecule has 10 aromatic carbocycles. The Kier molecular flexibility index (Phi) is 6.09. The summed E-state index contributed by atoms with van der Waals surface area (Å²) in [5.41, 5.74) is 11.0. The highest BCUT2D eigenvalue weighted by atomic mass is 16.3. The maximum absolute atomic E-state index is 6.42. The quantitative estimate of drug-likeness (QED) is 0.173. The Balaban J connectivity index is 0.967. The van der Waals surface area contributed by atoms with Crippen LogP contribution in [0.5, 0.6) is 0 Å². The van der Waals surface area contributed by atoms with E-state index in [9.17, 15) is 0 Å². The van der Waals surface area contributed by atoms with Gasteiger partial charge in [0.25, 0.3) is 0 Å². The number of benzene rings is 10. The Hall–Kier alpha value is -7.16. The van der Waals surface area contributed by atoms with Crippen molar-refractivity contribution in [3.05, 3.63) is 182 Å².